The summed E-state index contributed by atoms with van der Waals surface area (Å²) in [6.07, 6.45) is 3.83. The lowest BCUT2D eigenvalue weighted by atomic mass is 9.98. The molecule has 0 radical (unpaired) electrons. The lowest BCUT2D eigenvalue weighted by molar-refractivity contribution is -0.133. The Morgan fingerprint density at radius 3 is 2.83 bits per heavy atom. The van der Waals surface area contributed by atoms with E-state index in [1.54, 1.807) is 11.3 Å². The van der Waals surface area contributed by atoms with E-state index >= 15 is 0 Å². The molecule has 0 aliphatic carbocycles. The van der Waals surface area contributed by atoms with E-state index in [4.69, 9.17) is 4.74 Å². The van der Waals surface area contributed by atoms with Crippen LogP contribution >= 0.6 is 11.3 Å². The number of hydrogen-bond donors (Lipinski definition) is 0. The van der Waals surface area contributed by atoms with Crippen molar-refractivity contribution in [2.75, 3.05) is 44.3 Å². The highest BCUT2D eigenvalue weighted by Crippen LogP contribution is 2.26. The van der Waals surface area contributed by atoms with Crippen molar-refractivity contribution in [3.05, 3.63) is 5.01 Å². The van der Waals surface area contributed by atoms with Gasteiger partial charge < -0.3 is 14.5 Å². The topological polar surface area (TPSA) is 58.6 Å². The summed E-state index contributed by atoms with van der Waals surface area (Å²) < 4.78 is 5.50. The molecule has 7 heteroatoms. The predicted octanol–water partition coefficient (Wildman–Crippen LogP) is 2.52. The lowest BCUT2D eigenvalue weighted by Gasteiger charge is -2.26. The van der Waals surface area contributed by atoms with Crippen molar-refractivity contribution in [3.8, 4) is 0 Å². The monoisotopic (exact) mass is 352 g/mol. The molecule has 1 aromatic rings. The first kappa shape index (κ1) is 17.6. The summed E-state index contributed by atoms with van der Waals surface area (Å²) in [5.74, 6) is 1.11. The van der Waals surface area contributed by atoms with Crippen LogP contribution in [0.3, 0.4) is 0 Å². The molecule has 0 bridgehead atoms. The molecule has 1 unspecified atom stereocenters. The zero-order valence-electron chi connectivity index (χ0n) is 14.7. The van der Waals surface area contributed by atoms with Gasteiger partial charge in [-0.1, -0.05) is 25.2 Å². The van der Waals surface area contributed by atoms with Gasteiger partial charge in [0.25, 0.3) is 0 Å². The fraction of sp³-hybridized carbons (Fsp3) is 0.824. The Hall–Kier alpha value is -1.21. The molecule has 0 spiro atoms. The molecule has 1 aromatic heterocycles. The van der Waals surface area contributed by atoms with Gasteiger partial charge in [-0.3, -0.25) is 4.79 Å². The SMILES string of the molecule is CC(C)c1nnc(N2CCCN(C(=O)CC3CCCOC3)CC2)s1. The molecule has 1 amide bonds. The number of carbonyl (C=O) groups is 1. The summed E-state index contributed by atoms with van der Waals surface area (Å²) in [7, 11) is 0. The van der Waals surface area contributed by atoms with Crippen molar-refractivity contribution in [2.45, 2.75) is 45.4 Å². The number of rotatable bonds is 4. The van der Waals surface area contributed by atoms with Crippen LogP contribution in [-0.2, 0) is 9.53 Å². The first-order chi connectivity index (χ1) is 11.6. The third kappa shape index (κ3) is 4.45. The number of ether oxygens (including phenoxy) is 1. The summed E-state index contributed by atoms with van der Waals surface area (Å²) >= 11 is 1.68. The lowest BCUT2D eigenvalue weighted by Crippen LogP contribution is -2.37. The number of hydrogen-bond acceptors (Lipinski definition) is 6. The molecule has 0 saturated carbocycles. The number of amides is 1. The molecule has 134 valence electrons. The summed E-state index contributed by atoms with van der Waals surface area (Å²) in [6.45, 7) is 9.30. The first-order valence-electron chi connectivity index (χ1n) is 9.07. The normalized spacial score (nSPS) is 22.7. The van der Waals surface area contributed by atoms with Gasteiger partial charge >= 0.3 is 0 Å². The van der Waals surface area contributed by atoms with E-state index in [9.17, 15) is 4.79 Å². The molecule has 0 aromatic carbocycles. The largest absolute Gasteiger partial charge is 0.381 e. The smallest absolute Gasteiger partial charge is 0.222 e. The van der Waals surface area contributed by atoms with Crippen LogP contribution in [0.4, 0.5) is 5.13 Å². The standard InChI is InChI=1S/C17H28N4O2S/c1-13(2)16-18-19-17(24-16)21-7-4-6-20(8-9-21)15(22)11-14-5-3-10-23-12-14/h13-14H,3-12H2,1-2H3. The van der Waals surface area contributed by atoms with Gasteiger partial charge in [0, 0.05) is 51.7 Å². The predicted molar refractivity (Wildman–Crippen MR) is 95.6 cm³/mol. The second kappa shape index (κ2) is 8.25. The van der Waals surface area contributed by atoms with E-state index in [-0.39, 0.29) is 5.91 Å². The first-order valence-corrected chi connectivity index (χ1v) is 9.89. The quantitative estimate of drug-likeness (QED) is 0.833. The summed E-state index contributed by atoms with van der Waals surface area (Å²) in [5, 5.41) is 10.7. The molecule has 2 aliphatic heterocycles. The van der Waals surface area contributed by atoms with Crippen LogP contribution in [0.5, 0.6) is 0 Å². The second-order valence-electron chi connectivity index (χ2n) is 7.09. The number of carbonyl (C=O) groups excluding carboxylic acids is 1. The zero-order chi connectivity index (χ0) is 16.9. The van der Waals surface area contributed by atoms with Crippen LogP contribution in [0.2, 0.25) is 0 Å². The summed E-state index contributed by atoms with van der Waals surface area (Å²) in [6, 6.07) is 0. The Balaban J connectivity index is 1.53. The van der Waals surface area contributed by atoms with Gasteiger partial charge in [-0.2, -0.15) is 0 Å². The van der Waals surface area contributed by atoms with Crippen molar-refractivity contribution in [1.29, 1.82) is 0 Å². The zero-order valence-corrected chi connectivity index (χ0v) is 15.6. The van der Waals surface area contributed by atoms with Crippen LogP contribution in [0.1, 0.15) is 50.5 Å². The van der Waals surface area contributed by atoms with Crippen LogP contribution in [0.25, 0.3) is 0 Å². The van der Waals surface area contributed by atoms with Gasteiger partial charge in [0.05, 0.1) is 0 Å². The summed E-state index contributed by atoms with van der Waals surface area (Å²) in [5.41, 5.74) is 0. The molecule has 6 nitrogen and oxygen atoms in total. The average molecular weight is 353 g/mol. The van der Waals surface area contributed by atoms with Gasteiger partial charge in [-0.05, 0) is 25.2 Å². The second-order valence-corrected chi connectivity index (χ2v) is 8.07. The highest BCUT2D eigenvalue weighted by atomic mass is 32.1. The minimum Gasteiger partial charge on any atom is -0.381 e. The van der Waals surface area contributed by atoms with Crippen LogP contribution in [0, 0.1) is 5.92 Å². The van der Waals surface area contributed by atoms with E-state index < -0.39 is 0 Å². The Kier molecular flexibility index (Phi) is 6.05. The minimum atomic E-state index is 0.285. The Morgan fingerprint density at radius 1 is 1.25 bits per heavy atom. The third-order valence-corrected chi connectivity index (χ3v) is 6.05. The van der Waals surface area contributed by atoms with Crippen molar-refractivity contribution in [1.82, 2.24) is 15.1 Å². The van der Waals surface area contributed by atoms with E-state index in [0.717, 1.165) is 68.8 Å². The highest BCUT2D eigenvalue weighted by molar-refractivity contribution is 7.15. The fourth-order valence-corrected chi connectivity index (χ4v) is 4.19. The van der Waals surface area contributed by atoms with Crippen molar-refractivity contribution < 1.29 is 9.53 Å². The van der Waals surface area contributed by atoms with Crippen molar-refractivity contribution in [2.24, 2.45) is 5.92 Å². The minimum absolute atomic E-state index is 0.285. The van der Waals surface area contributed by atoms with E-state index in [1.807, 2.05) is 4.90 Å². The van der Waals surface area contributed by atoms with Gasteiger partial charge in [0.1, 0.15) is 5.01 Å². The van der Waals surface area contributed by atoms with Crippen molar-refractivity contribution in [3.63, 3.8) is 0 Å². The van der Waals surface area contributed by atoms with Gasteiger partial charge in [-0.25, -0.2) is 0 Å². The van der Waals surface area contributed by atoms with Crippen LogP contribution in [-0.4, -0.2) is 60.4 Å². The van der Waals surface area contributed by atoms with E-state index in [1.165, 1.54) is 0 Å². The molecular formula is C17H28N4O2S. The molecule has 3 rings (SSSR count). The number of aromatic nitrogens is 2. The number of nitrogens with zero attached hydrogens (tertiary/aromatic N) is 4. The number of anilines is 1. The molecular weight excluding hydrogens is 324 g/mol. The molecule has 0 N–H and O–H groups in total. The van der Waals surface area contributed by atoms with Crippen LogP contribution < -0.4 is 4.90 Å². The van der Waals surface area contributed by atoms with Gasteiger partial charge in [-0.15, -0.1) is 10.2 Å². The Bertz CT molecular complexity index is 542. The Labute approximate surface area is 148 Å². The van der Waals surface area contributed by atoms with Crippen LogP contribution in [0.15, 0.2) is 0 Å². The maximum Gasteiger partial charge on any atom is 0.222 e. The summed E-state index contributed by atoms with van der Waals surface area (Å²) in [4.78, 5) is 16.9. The van der Waals surface area contributed by atoms with E-state index in [0.29, 0.717) is 18.3 Å². The molecule has 1 atom stereocenters. The molecule has 2 fully saturated rings. The van der Waals surface area contributed by atoms with E-state index in [2.05, 4.69) is 28.9 Å². The molecule has 24 heavy (non-hydrogen) atoms. The maximum atomic E-state index is 12.6. The fourth-order valence-electron chi connectivity index (χ4n) is 3.29. The maximum absolute atomic E-state index is 12.6. The third-order valence-electron chi connectivity index (χ3n) is 4.76. The van der Waals surface area contributed by atoms with Crippen molar-refractivity contribution >= 4 is 22.4 Å². The molecule has 2 saturated heterocycles. The van der Waals surface area contributed by atoms with Gasteiger partial charge in [0.15, 0.2) is 0 Å². The van der Waals surface area contributed by atoms with Gasteiger partial charge in [0.2, 0.25) is 11.0 Å². The average Bonchev–Trinajstić information content (AvgIpc) is 2.94. The molecule has 2 aliphatic rings. The Morgan fingerprint density at radius 2 is 2.12 bits per heavy atom. The molecule has 3 heterocycles. The highest BCUT2D eigenvalue weighted by Gasteiger charge is 2.24.